The molecule has 0 amide bonds. The van der Waals surface area contributed by atoms with Crippen LogP contribution in [0.25, 0.3) is 0 Å². The van der Waals surface area contributed by atoms with Crippen LogP contribution in [0.3, 0.4) is 0 Å². The molecule has 0 N–H and O–H groups in total. The zero-order valence-electron chi connectivity index (χ0n) is 19.6. The summed E-state index contributed by atoms with van der Waals surface area (Å²) in [6, 6.07) is 0. The molecular formula is C28H40O4. The first kappa shape index (κ1) is 22.5. The van der Waals surface area contributed by atoms with E-state index in [-0.39, 0.29) is 47.3 Å². The quantitative estimate of drug-likeness (QED) is 0.499. The highest BCUT2D eigenvalue weighted by Gasteiger charge is 2.43. The lowest BCUT2D eigenvalue weighted by Crippen LogP contribution is -2.40. The zero-order chi connectivity index (χ0) is 22.2. The Morgan fingerprint density at radius 3 is 0.625 bits per heavy atom. The average Bonchev–Trinajstić information content (AvgIpc) is 2.78. The van der Waals surface area contributed by atoms with Crippen molar-refractivity contribution in [3.05, 3.63) is 0 Å². The molecule has 0 radical (unpaired) electrons. The van der Waals surface area contributed by atoms with E-state index in [1.807, 2.05) is 0 Å². The molecule has 0 spiro atoms. The monoisotopic (exact) mass is 440 g/mol. The molecule has 0 aromatic carbocycles. The Morgan fingerprint density at radius 1 is 0.312 bits per heavy atom. The van der Waals surface area contributed by atoms with Crippen LogP contribution in [0.2, 0.25) is 0 Å². The van der Waals surface area contributed by atoms with Crippen molar-refractivity contribution in [3.63, 3.8) is 0 Å². The van der Waals surface area contributed by atoms with Crippen LogP contribution in [0.4, 0.5) is 0 Å². The van der Waals surface area contributed by atoms with Crippen molar-refractivity contribution in [3.8, 4) is 0 Å². The molecule has 5 aliphatic carbocycles. The van der Waals surface area contributed by atoms with Crippen LogP contribution in [-0.4, -0.2) is 23.1 Å². The molecule has 5 aliphatic rings. The normalized spacial score (nSPS) is 43.8. The smallest absolute Gasteiger partial charge is 0.139 e. The van der Waals surface area contributed by atoms with Crippen molar-refractivity contribution in [1.29, 1.82) is 0 Å². The summed E-state index contributed by atoms with van der Waals surface area (Å²) in [6.45, 7) is 0. The predicted octanol–water partition coefficient (Wildman–Crippen LogP) is 5.50. The maximum absolute atomic E-state index is 13.4. The van der Waals surface area contributed by atoms with E-state index in [0.717, 1.165) is 77.0 Å². The second-order valence-corrected chi connectivity index (χ2v) is 11.9. The largest absolute Gasteiger partial charge is 0.299 e. The first-order chi connectivity index (χ1) is 15.5. The summed E-state index contributed by atoms with van der Waals surface area (Å²) >= 11 is 0. The van der Waals surface area contributed by atoms with Crippen LogP contribution in [-0.2, 0) is 19.2 Å². The summed E-state index contributed by atoms with van der Waals surface area (Å²) in [7, 11) is 0. The van der Waals surface area contributed by atoms with Gasteiger partial charge in [0.25, 0.3) is 0 Å². The van der Waals surface area contributed by atoms with Gasteiger partial charge in [0.15, 0.2) is 0 Å². The Morgan fingerprint density at radius 2 is 0.469 bits per heavy atom. The molecule has 8 atom stereocenters. The van der Waals surface area contributed by atoms with Crippen LogP contribution in [0.1, 0.15) is 103 Å². The second-order valence-electron chi connectivity index (χ2n) is 11.9. The molecule has 5 fully saturated rings. The van der Waals surface area contributed by atoms with Crippen LogP contribution in [0, 0.1) is 47.3 Å². The van der Waals surface area contributed by atoms with Crippen molar-refractivity contribution in [2.24, 2.45) is 47.3 Å². The van der Waals surface area contributed by atoms with E-state index in [1.54, 1.807) is 0 Å². The maximum Gasteiger partial charge on any atom is 0.139 e. The number of fused-ring (bicyclic) bond motifs is 8. The van der Waals surface area contributed by atoms with Crippen molar-refractivity contribution in [1.82, 2.24) is 0 Å². The molecule has 176 valence electrons. The Kier molecular flexibility index (Phi) is 6.67. The summed E-state index contributed by atoms with van der Waals surface area (Å²) in [5.41, 5.74) is 0. The molecule has 5 rings (SSSR count). The Labute approximate surface area is 192 Å². The molecule has 0 heterocycles. The number of carbonyl (C=O) groups excluding carboxylic acids is 4. The molecule has 0 aliphatic heterocycles. The summed E-state index contributed by atoms with van der Waals surface area (Å²) < 4.78 is 0. The number of rotatable bonds is 0. The summed E-state index contributed by atoms with van der Waals surface area (Å²) in [6.07, 6.45) is 14.3. The number of hydrogen-bond donors (Lipinski definition) is 0. The topological polar surface area (TPSA) is 68.3 Å². The molecule has 4 nitrogen and oxygen atoms in total. The lowest BCUT2D eigenvalue weighted by molar-refractivity contribution is -0.137. The van der Waals surface area contributed by atoms with Gasteiger partial charge in [-0.15, -0.1) is 0 Å². The molecule has 8 bridgehead atoms. The van der Waals surface area contributed by atoms with Gasteiger partial charge < -0.3 is 0 Å². The minimum atomic E-state index is 0.00420. The van der Waals surface area contributed by atoms with Crippen molar-refractivity contribution in [2.45, 2.75) is 103 Å². The second kappa shape index (κ2) is 9.50. The number of hydrogen-bond acceptors (Lipinski definition) is 4. The lowest BCUT2D eigenvalue weighted by atomic mass is 9.64. The molecule has 0 unspecified atom stereocenters. The molecular weight excluding hydrogens is 400 g/mol. The Hall–Kier alpha value is -1.32. The SMILES string of the molecule is O=C1[C@@H]2CCC[C@H]1C[C@@H]1CCC[C@H](C[C@H]3CCC[C@@H](C[C@@H]4CCC[C@H](C2)C4=O)C3=O)C1=O. The molecule has 5 saturated carbocycles. The third-order valence-electron chi connectivity index (χ3n) is 9.92. The van der Waals surface area contributed by atoms with Crippen LogP contribution in [0.5, 0.6) is 0 Å². The third kappa shape index (κ3) is 4.40. The van der Waals surface area contributed by atoms with Crippen molar-refractivity contribution in [2.75, 3.05) is 0 Å². The van der Waals surface area contributed by atoms with Gasteiger partial charge in [-0.25, -0.2) is 0 Å². The van der Waals surface area contributed by atoms with E-state index >= 15 is 0 Å². The van der Waals surface area contributed by atoms with Gasteiger partial charge >= 0.3 is 0 Å². The van der Waals surface area contributed by atoms with Crippen LogP contribution >= 0.6 is 0 Å². The van der Waals surface area contributed by atoms with Crippen LogP contribution < -0.4 is 0 Å². The Bertz CT molecular complexity index is 593. The highest BCUT2D eigenvalue weighted by molar-refractivity contribution is 5.90. The fourth-order valence-electron chi connectivity index (χ4n) is 8.16. The lowest BCUT2D eigenvalue weighted by Gasteiger charge is -2.38. The van der Waals surface area contributed by atoms with E-state index in [1.165, 1.54) is 0 Å². The fourth-order valence-corrected chi connectivity index (χ4v) is 8.16. The van der Waals surface area contributed by atoms with Gasteiger partial charge in [-0.3, -0.25) is 19.2 Å². The van der Waals surface area contributed by atoms with Gasteiger partial charge in [0.1, 0.15) is 23.1 Å². The van der Waals surface area contributed by atoms with Crippen LogP contribution in [0.15, 0.2) is 0 Å². The minimum Gasteiger partial charge on any atom is -0.299 e. The minimum absolute atomic E-state index is 0.00420. The van der Waals surface area contributed by atoms with Crippen molar-refractivity contribution < 1.29 is 19.2 Å². The maximum atomic E-state index is 13.4. The van der Waals surface area contributed by atoms with E-state index in [0.29, 0.717) is 48.8 Å². The standard InChI is InChI=1S/C28H40O4/c29-25-17-5-1-6-18(25)14-20-8-3-10-22(27(20)31)16-24-12-4-11-23(28(24)32)15-21-9-2-7-19(13-17)26(21)30/h17-24H,1-16H2/t17-,18+,19-,20+,21+,22-,23+,24-. The number of carbonyl (C=O) groups is 4. The zero-order valence-corrected chi connectivity index (χ0v) is 19.6. The van der Waals surface area contributed by atoms with E-state index in [2.05, 4.69) is 0 Å². The highest BCUT2D eigenvalue weighted by Crippen LogP contribution is 2.43. The highest BCUT2D eigenvalue weighted by atomic mass is 16.1. The van der Waals surface area contributed by atoms with Gasteiger partial charge in [-0.1, -0.05) is 25.7 Å². The first-order valence-electron chi connectivity index (χ1n) is 13.7. The average molecular weight is 441 g/mol. The van der Waals surface area contributed by atoms with E-state index < -0.39 is 0 Å². The molecule has 0 aromatic rings. The molecule has 32 heavy (non-hydrogen) atoms. The Balaban J connectivity index is 1.43. The molecule has 4 heteroatoms. The van der Waals surface area contributed by atoms with Gasteiger partial charge in [0.05, 0.1) is 0 Å². The molecule has 0 aromatic heterocycles. The van der Waals surface area contributed by atoms with E-state index in [4.69, 9.17) is 0 Å². The molecule has 0 saturated heterocycles. The third-order valence-corrected chi connectivity index (χ3v) is 9.92. The summed E-state index contributed by atoms with van der Waals surface area (Å²) in [4.78, 5) is 53.6. The van der Waals surface area contributed by atoms with Gasteiger partial charge in [0.2, 0.25) is 0 Å². The van der Waals surface area contributed by atoms with Gasteiger partial charge in [-0.05, 0) is 77.0 Å². The van der Waals surface area contributed by atoms with Gasteiger partial charge in [0, 0.05) is 47.3 Å². The van der Waals surface area contributed by atoms with Crippen molar-refractivity contribution >= 4 is 23.1 Å². The first-order valence-corrected chi connectivity index (χ1v) is 13.7. The fraction of sp³-hybridized carbons (Fsp3) is 0.857. The van der Waals surface area contributed by atoms with E-state index in [9.17, 15) is 19.2 Å². The number of ketones is 4. The predicted molar refractivity (Wildman–Crippen MR) is 122 cm³/mol. The summed E-state index contributed by atoms with van der Waals surface area (Å²) in [5.74, 6) is 1.42. The number of Topliss-reactive ketones (excluding diaryl/α,β-unsaturated/α-hetero) is 4. The van der Waals surface area contributed by atoms with Gasteiger partial charge in [-0.2, -0.15) is 0 Å². The summed E-state index contributed by atoms with van der Waals surface area (Å²) in [5, 5.41) is 0.